The van der Waals surface area contributed by atoms with Crippen LogP contribution in [-0.2, 0) is 17.8 Å². The van der Waals surface area contributed by atoms with Crippen molar-refractivity contribution in [2.75, 3.05) is 6.54 Å². The van der Waals surface area contributed by atoms with Crippen LogP contribution in [0.4, 0.5) is 0 Å². The first-order chi connectivity index (χ1) is 12.1. The summed E-state index contributed by atoms with van der Waals surface area (Å²) in [5.74, 6) is 0.484. The Morgan fingerprint density at radius 1 is 1.16 bits per heavy atom. The Morgan fingerprint density at radius 3 is 2.72 bits per heavy atom. The van der Waals surface area contributed by atoms with Crippen molar-refractivity contribution in [3.05, 3.63) is 70.8 Å². The second-order valence-electron chi connectivity index (χ2n) is 6.37. The lowest BCUT2D eigenvalue weighted by atomic mass is 10.0. The van der Waals surface area contributed by atoms with Crippen LogP contribution in [0.1, 0.15) is 36.5 Å². The summed E-state index contributed by atoms with van der Waals surface area (Å²) in [5, 5.41) is 10.5. The van der Waals surface area contributed by atoms with Gasteiger partial charge in [-0.1, -0.05) is 42.5 Å². The third-order valence-corrected chi connectivity index (χ3v) is 4.39. The number of hydrogen-bond donors (Lipinski definition) is 1. The van der Waals surface area contributed by atoms with Crippen LogP contribution in [0, 0.1) is 0 Å². The number of hydrogen-bond acceptors (Lipinski definition) is 3. The van der Waals surface area contributed by atoms with Gasteiger partial charge in [-0.2, -0.15) is 0 Å². The van der Waals surface area contributed by atoms with E-state index >= 15 is 0 Å². The molecule has 130 valence electrons. The maximum absolute atomic E-state index is 11.3. The number of aryl methyl sites for hydroxylation is 1. The number of benzene rings is 2. The highest BCUT2D eigenvalue weighted by Crippen LogP contribution is 2.27. The molecule has 25 heavy (non-hydrogen) atoms. The summed E-state index contributed by atoms with van der Waals surface area (Å²) < 4.78 is 5.91. The van der Waals surface area contributed by atoms with Crippen molar-refractivity contribution in [2.45, 2.75) is 32.8 Å². The molecule has 0 unspecified atom stereocenters. The number of rotatable bonds is 5. The van der Waals surface area contributed by atoms with E-state index in [-0.39, 0.29) is 12.5 Å². The highest BCUT2D eigenvalue weighted by atomic mass is 16.5. The Bertz CT molecular complexity index is 768. The number of carbonyl (C=O) groups is 1. The van der Waals surface area contributed by atoms with E-state index in [1.165, 1.54) is 12.5 Å². The molecular weight excluding hydrogens is 314 g/mol. The van der Waals surface area contributed by atoms with Gasteiger partial charge >= 0.3 is 0 Å². The van der Waals surface area contributed by atoms with Crippen LogP contribution < -0.4 is 4.74 Å². The zero-order valence-corrected chi connectivity index (χ0v) is 14.4. The summed E-state index contributed by atoms with van der Waals surface area (Å²) in [7, 11) is 0. The molecule has 0 spiro atoms. The lowest BCUT2D eigenvalue weighted by molar-refractivity contribution is -0.160. The van der Waals surface area contributed by atoms with Gasteiger partial charge in [-0.05, 0) is 53.7 Å². The molecule has 2 aromatic carbocycles. The number of carbonyl (C=O) groups excluding carboxylic acids is 1. The average molecular weight is 337 g/mol. The van der Waals surface area contributed by atoms with Gasteiger partial charge in [0.2, 0.25) is 5.91 Å². The number of ether oxygens (including phenoxy) is 1. The van der Waals surface area contributed by atoms with Crippen LogP contribution in [0.2, 0.25) is 0 Å². The topological polar surface area (TPSA) is 49.8 Å². The third kappa shape index (κ3) is 4.70. The zero-order chi connectivity index (χ0) is 17.6. The summed E-state index contributed by atoms with van der Waals surface area (Å²) in [6, 6.07) is 16.2. The molecule has 0 saturated heterocycles. The molecule has 0 aliphatic heterocycles. The molecule has 0 saturated carbocycles. The number of amides is 1. The zero-order valence-electron chi connectivity index (χ0n) is 14.4. The van der Waals surface area contributed by atoms with Crippen LogP contribution in [0.15, 0.2) is 54.1 Å². The Hall–Kier alpha value is -2.59. The molecule has 0 fully saturated rings. The summed E-state index contributed by atoms with van der Waals surface area (Å²) in [4.78, 5) is 11.3. The largest absolute Gasteiger partial charge is 0.489 e. The number of fused-ring (bicyclic) bond motifs is 1. The standard InChI is InChI=1S/C21H23NO3/c1-16(23)22(24)14-18-8-5-9-19-10-11-21(13-20(19)12-18)25-15-17-6-3-2-4-7-17/h2-4,6-7,10-13,24H,5,8-9,14-15H2,1H3. The second-order valence-corrected chi connectivity index (χ2v) is 6.37. The third-order valence-electron chi connectivity index (χ3n) is 4.39. The first-order valence-electron chi connectivity index (χ1n) is 8.58. The molecule has 1 N–H and O–H groups in total. The van der Waals surface area contributed by atoms with Gasteiger partial charge in [0.25, 0.3) is 0 Å². The fourth-order valence-corrected chi connectivity index (χ4v) is 2.99. The van der Waals surface area contributed by atoms with Crippen molar-refractivity contribution in [2.24, 2.45) is 0 Å². The minimum Gasteiger partial charge on any atom is -0.489 e. The number of hydroxylamine groups is 2. The average Bonchev–Trinajstić information content (AvgIpc) is 2.81. The van der Waals surface area contributed by atoms with E-state index in [2.05, 4.69) is 12.1 Å². The van der Waals surface area contributed by atoms with Crippen molar-refractivity contribution in [1.29, 1.82) is 0 Å². The maximum Gasteiger partial charge on any atom is 0.243 e. The van der Waals surface area contributed by atoms with Gasteiger partial charge < -0.3 is 4.74 Å². The van der Waals surface area contributed by atoms with E-state index in [1.54, 1.807) is 0 Å². The van der Waals surface area contributed by atoms with Crippen LogP contribution in [0.3, 0.4) is 0 Å². The van der Waals surface area contributed by atoms with Gasteiger partial charge in [0.1, 0.15) is 12.4 Å². The first kappa shape index (κ1) is 17.2. The Balaban J connectivity index is 1.75. The van der Waals surface area contributed by atoms with E-state index in [1.807, 2.05) is 42.5 Å². The second kappa shape index (κ2) is 7.99. The Morgan fingerprint density at radius 2 is 1.96 bits per heavy atom. The predicted molar refractivity (Wildman–Crippen MR) is 97.3 cm³/mol. The van der Waals surface area contributed by atoms with Gasteiger partial charge in [0, 0.05) is 6.92 Å². The summed E-state index contributed by atoms with van der Waals surface area (Å²) in [6.45, 7) is 2.15. The van der Waals surface area contributed by atoms with Gasteiger partial charge in [0.15, 0.2) is 0 Å². The number of nitrogens with zero attached hydrogens (tertiary/aromatic N) is 1. The van der Waals surface area contributed by atoms with E-state index in [0.717, 1.165) is 46.8 Å². The molecule has 0 heterocycles. The van der Waals surface area contributed by atoms with Crippen LogP contribution in [-0.4, -0.2) is 22.7 Å². The van der Waals surface area contributed by atoms with Crippen molar-refractivity contribution < 1.29 is 14.7 Å². The molecule has 2 aromatic rings. The summed E-state index contributed by atoms with van der Waals surface area (Å²) in [6.07, 6.45) is 4.94. The van der Waals surface area contributed by atoms with Crippen LogP contribution >= 0.6 is 0 Å². The fraction of sp³-hybridized carbons (Fsp3) is 0.286. The van der Waals surface area contributed by atoms with Gasteiger partial charge in [-0.25, -0.2) is 5.06 Å². The molecule has 1 amide bonds. The molecule has 1 aliphatic carbocycles. The lowest BCUT2D eigenvalue weighted by Crippen LogP contribution is -2.26. The molecule has 0 bridgehead atoms. The summed E-state index contributed by atoms with van der Waals surface area (Å²) >= 11 is 0. The Labute approximate surface area is 148 Å². The molecule has 0 aromatic heterocycles. The quantitative estimate of drug-likeness (QED) is 0.656. The molecule has 3 rings (SSSR count). The predicted octanol–water partition coefficient (Wildman–Crippen LogP) is 4.22. The summed E-state index contributed by atoms with van der Waals surface area (Å²) in [5.41, 5.74) is 4.56. The van der Waals surface area contributed by atoms with E-state index < -0.39 is 0 Å². The fourth-order valence-electron chi connectivity index (χ4n) is 2.99. The molecule has 0 radical (unpaired) electrons. The normalized spacial score (nSPS) is 13.4. The monoisotopic (exact) mass is 337 g/mol. The molecular formula is C21H23NO3. The van der Waals surface area contributed by atoms with Crippen LogP contribution in [0.5, 0.6) is 5.75 Å². The minimum absolute atomic E-state index is 0.254. The van der Waals surface area contributed by atoms with E-state index in [0.29, 0.717) is 6.61 Å². The molecule has 4 heteroatoms. The molecule has 4 nitrogen and oxygen atoms in total. The van der Waals surface area contributed by atoms with Crippen LogP contribution in [0.25, 0.3) is 6.08 Å². The van der Waals surface area contributed by atoms with E-state index in [9.17, 15) is 10.0 Å². The lowest BCUT2D eigenvalue weighted by Gasteiger charge is -2.14. The van der Waals surface area contributed by atoms with Gasteiger partial charge in [0.05, 0.1) is 6.54 Å². The van der Waals surface area contributed by atoms with Crippen molar-refractivity contribution in [3.63, 3.8) is 0 Å². The minimum atomic E-state index is -0.342. The van der Waals surface area contributed by atoms with Gasteiger partial charge in [-0.3, -0.25) is 10.0 Å². The molecule has 0 atom stereocenters. The van der Waals surface area contributed by atoms with E-state index in [4.69, 9.17) is 4.74 Å². The highest BCUT2D eigenvalue weighted by Gasteiger charge is 2.13. The van der Waals surface area contributed by atoms with Crippen molar-refractivity contribution in [1.82, 2.24) is 5.06 Å². The highest BCUT2D eigenvalue weighted by molar-refractivity contribution is 5.72. The Kier molecular flexibility index (Phi) is 5.51. The molecule has 1 aliphatic rings. The van der Waals surface area contributed by atoms with Gasteiger partial charge in [-0.15, -0.1) is 0 Å². The smallest absolute Gasteiger partial charge is 0.243 e. The van der Waals surface area contributed by atoms with Crippen molar-refractivity contribution in [3.8, 4) is 5.75 Å². The van der Waals surface area contributed by atoms with Crippen molar-refractivity contribution >= 4 is 12.0 Å². The maximum atomic E-state index is 11.3. The first-order valence-corrected chi connectivity index (χ1v) is 8.58. The SMILES string of the molecule is CC(=O)N(O)CC1=Cc2cc(OCc3ccccc3)ccc2CCC1.